The second-order valence-electron chi connectivity index (χ2n) is 7.92. The van der Waals surface area contributed by atoms with E-state index in [0.29, 0.717) is 12.4 Å². The van der Waals surface area contributed by atoms with Crippen molar-refractivity contribution in [1.82, 2.24) is 20.5 Å². The first-order valence-corrected chi connectivity index (χ1v) is 9.76. The van der Waals surface area contributed by atoms with Crippen molar-refractivity contribution < 1.29 is 9.52 Å². The van der Waals surface area contributed by atoms with E-state index in [0.717, 1.165) is 63.7 Å². The molecule has 0 radical (unpaired) electrons. The van der Waals surface area contributed by atoms with Gasteiger partial charge >= 0.3 is 0 Å². The second-order valence-corrected chi connectivity index (χ2v) is 7.92. The molecule has 8 heteroatoms. The Labute approximate surface area is 180 Å². The molecular formula is C19H36IN5O2. The summed E-state index contributed by atoms with van der Waals surface area (Å²) in [5.41, 5.74) is -0.0395. The Balaban J connectivity index is 0.00000364. The largest absolute Gasteiger partial charge is 0.443 e. The molecule has 0 aromatic carbocycles. The molecule has 0 spiro atoms. The van der Waals surface area contributed by atoms with Crippen molar-refractivity contribution in [3.63, 3.8) is 0 Å². The number of nitrogens with zero attached hydrogens (tertiary/aromatic N) is 3. The van der Waals surface area contributed by atoms with E-state index in [1.54, 1.807) is 6.20 Å². The van der Waals surface area contributed by atoms with Crippen LogP contribution in [0.25, 0.3) is 0 Å². The van der Waals surface area contributed by atoms with Crippen LogP contribution in [0.1, 0.15) is 58.6 Å². The number of likely N-dealkylation sites (tertiary alicyclic amines) is 1. The number of piperidine rings is 1. The van der Waals surface area contributed by atoms with E-state index in [1.807, 2.05) is 0 Å². The number of hydrogen-bond acceptors (Lipinski definition) is 5. The van der Waals surface area contributed by atoms with Crippen molar-refractivity contribution in [3.8, 4) is 0 Å². The minimum atomic E-state index is -0.106. The Kier molecular flexibility index (Phi) is 10.6. The van der Waals surface area contributed by atoms with Crippen molar-refractivity contribution in [3.05, 3.63) is 17.8 Å². The van der Waals surface area contributed by atoms with E-state index in [-0.39, 0.29) is 35.5 Å². The molecule has 1 aromatic heterocycles. The third-order valence-electron chi connectivity index (χ3n) is 4.51. The van der Waals surface area contributed by atoms with Crippen LogP contribution in [-0.4, -0.2) is 59.8 Å². The zero-order chi connectivity index (χ0) is 19.0. The zero-order valence-corrected chi connectivity index (χ0v) is 19.5. The van der Waals surface area contributed by atoms with Crippen LogP contribution >= 0.6 is 24.0 Å². The molecule has 1 saturated heterocycles. The molecule has 0 atom stereocenters. The van der Waals surface area contributed by atoms with Gasteiger partial charge in [0, 0.05) is 31.6 Å². The molecule has 27 heavy (non-hydrogen) atoms. The molecule has 2 rings (SSSR count). The third-order valence-corrected chi connectivity index (χ3v) is 4.51. The van der Waals surface area contributed by atoms with Gasteiger partial charge in [0.2, 0.25) is 5.89 Å². The van der Waals surface area contributed by atoms with Crippen molar-refractivity contribution >= 4 is 29.9 Å². The number of aliphatic hydroxyl groups is 1. The summed E-state index contributed by atoms with van der Waals surface area (Å²) in [6, 6.07) is 0. The van der Waals surface area contributed by atoms with Crippen molar-refractivity contribution in [2.75, 3.05) is 32.7 Å². The highest BCUT2D eigenvalue weighted by Crippen LogP contribution is 2.22. The van der Waals surface area contributed by atoms with Gasteiger partial charge in [-0.25, -0.2) is 9.98 Å². The lowest BCUT2D eigenvalue weighted by atomic mass is 9.94. The summed E-state index contributed by atoms with van der Waals surface area (Å²) < 4.78 is 5.79. The molecule has 0 amide bonds. The summed E-state index contributed by atoms with van der Waals surface area (Å²) in [7, 11) is 0. The summed E-state index contributed by atoms with van der Waals surface area (Å²) in [6.45, 7) is 13.5. The van der Waals surface area contributed by atoms with Crippen molar-refractivity contribution in [2.24, 2.45) is 4.99 Å². The molecule has 0 aliphatic carbocycles. The highest BCUT2D eigenvalue weighted by molar-refractivity contribution is 14.0. The van der Waals surface area contributed by atoms with Gasteiger partial charge in [-0.3, -0.25) is 0 Å². The van der Waals surface area contributed by atoms with Gasteiger partial charge in [0.15, 0.2) is 5.96 Å². The van der Waals surface area contributed by atoms with Crippen LogP contribution in [-0.2, 0) is 12.0 Å². The molecule has 0 bridgehead atoms. The quantitative estimate of drug-likeness (QED) is 0.234. The van der Waals surface area contributed by atoms with Crippen molar-refractivity contribution in [2.45, 2.75) is 65.0 Å². The van der Waals surface area contributed by atoms with Crippen LogP contribution in [0.3, 0.4) is 0 Å². The van der Waals surface area contributed by atoms with Gasteiger partial charge in [-0.2, -0.15) is 0 Å². The number of guanidine groups is 1. The average molecular weight is 493 g/mol. The topological polar surface area (TPSA) is 85.9 Å². The summed E-state index contributed by atoms with van der Waals surface area (Å²) in [4.78, 5) is 11.3. The van der Waals surface area contributed by atoms with Crippen LogP contribution < -0.4 is 10.6 Å². The molecule has 156 valence electrons. The van der Waals surface area contributed by atoms with Crippen LogP contribution in [0.2, 0.25) is 0 Å². The van der Waals surface area contributed by atoms with Crippen molar-refractivity contribution in [1.29, 1.82) is 0 Å². The lowest BCUT2D eigenvalue weighted by molar-refractivity contribution is 0.0823. The summed E-state index contributed by atoms with van der Waals surface area (Å²) in [5.74, 6) is 2.31. The van der Waals surface area contributed by atoms with Gasteiger partial charge < -0.3 is 25.1 Å². The third kappa shape index (κ3) is 8.78. The van der Waals surface area contributed by atoms with Gasteiger partial charge in [-0.05, 0) is 32.7 Å². The number of nitrogens with one attached hydrogen (secondary N) is 2. The van der Waals surface area contributed by atoms with E-state index < -0.39 is 0 Å². The molecule has 1 aromatic rings. The number of oxazole rings is 1. The molecular weight excluding hydrogens is 457 g/mol. The molecule has 0 saturated carbocycles. The fraction of sp³-hybridized carbons (Fsp3) is 0.789. The number of hydrogen-bond donors (Lipinski definition) is 3. The molecule has 1 aliphatic heterocycles. The fourth-order valence-electron chi connectivity index (χ4n) is 2.87. The zero-order valence-electron chi connectivity index (χ0n) is 17.1. The first kappa shape index (κ1) is 24.2. The number of aliphatic hydroxyl groups excluding tert-OH is 1. The minimum Gasteiger partial charge on any atom is -0.443 e. The SMILES string of the molecule is CCNC(=NCc1ncc(C(C)(C)C)o1)NCCCN1CCC(O)CC1.I. The van der Waals surface area contributed by atoms with Gasteiger partial charge in [0.05, 0.1) is 12.3 Å². The van der Waals surface area contributed by atoms with E-state index in [4.69, 9.17) is 4.42 Å². The molecule has 3 N–H and O–H groups in total. The highest BCUT2D eigenvalue weighted by Gasteiger charge is 2.19. The average Bonchev–Trinajstić information content (AvgIpc) is 3.07. The molecule has 1 fully saturated rings. The summed E-state index contributed by atoms with van der Waals surface area (Å²) in [5, 5.41) is 16.2. The smallest absolute Gasteiger partial charge is 0.216 e. The normalized spacial score (nSPS) is 16.9. The fourth-order valence-corrected chi connectivity index (χ4v) is 2.87. The minimum absolute atomic E-state index is 0. The van der Waals surface area contributed by atoms with Gasteiger partial charge in [-0.15, -0.1) is 24.0 Å². The van der Waals surface area contributed by atoms with Crippen LogP contribution in [0, 0.1) is 0 Å². The van der Waals surface area contributed by atoms with Gasteiger partial charge in [-0.1, -0.05) is 20.8 Å². The van der Waals surface area contributed by atoms with E-state index in [9.17, 15) is 5.11 Å². The lowest BCUT2D eigenvalue weighted by Gasteiger charge is -2.29. The summed E-state index contributed by atoms with van der Waals surface area (Å²) in [6.07, 6.45) is 4.52. The van der Waals surface area contributed by atoms with E-state index in [2.05, 4.69) is 53.2 Å². The highest BCUT2D eigenvalue weighted by atomic mass is 127. The van der Waals surface area contributed by atoms with Crippen LogP contribution in [0.15, 0.2) is 15.6 Å². The molecule has 7 nitrogen and oxygen atoms in total. The number of rotatable bonds is 7. The molecule has 0 unspecified atom stereocenters. The lowest BCUT2D eigenvalue weighted by Crippen LogP contribution is -2.40. The van der Waals surface area contributed by atoms with Gasteiger partial charge in [0.1, 0.15) is 12.3 Å². The standard InChI is InChI=1S/C19H35N5O2.HI/c1-5-20-18(21-9-6-10-24-11-7-15(25)8-12-24)23-14-17-22-13-16(26-17)19(2,3)4;/h13,15,25H,5-12,14H2,1-4H3,(H2,20,21,23);1H. The molecule has 2 heterocycles. The van der Waals surface area contributed by atoms with E-state index in [1.165, 1.54) is 0 Å². The number of halogens is 1. The maximum absolute atomic E-state index is 9.55. The Bertz CT molecular complexity index is 563. The maximum Gasteiger partial charge on any atom is 0.216 e. The first-order chi connectivity index (χ1) is 12.4. The monoisotopic (exact) mass is 493 g/mol. The van der Waals surface area contributed by atoms with Gasteiger partial charge in [0.25, 0.3) is 0 Å². The van der Waals surface area contributed by atoms with E-state index >= 15 is 0 Å². The Hall–Kier alpha value is -0.870. The number of aliphatic imine (C=N–C) groups is 1. The Morgan fingerprint density at radius 2 is 2.04 bits per heavy atom. The number of aromatic nitrogens is 1. The first-order valence-electron chi connectivity index (χ1n) is 9.76. The second kappa shape index (κ2) is 11.9. The van der Waals surface area contributed by atoms with Crippen LogP contribution in [0.4, 0.5) is 0 Å². The molecule has 1 aliphatic rings. The predicted octanol–water partition coefficient (Wildman–Crippen LogP) is 2.49. The predicted molar refractivity (Wildman–Crippen MR) is 120 cm³/mol. The van der Waals surface area contributed by atoms with Crippen LogP contribution in [0.5, 0.6) is 0 Å². The Morgan fingerprint density at radius 1 is 1.33 bits per heavy atom. The Morgan fingerprint density at radius 3 is 2.63 bits per heavy atom. The maximum atomic E-state index is 9.55. The summed E-state index contributed by atoms with van der Waals surface area (Å²) >= 11 is 0.